The molecule has 1 aliphatic rings. The number of aryl methyl sites for hydroxylation is 1. The van der Waals surface area contributed by atoms with Crippen LogP contribution >= 0.6 is 0 Å². The summed E-state index contributed by atoms with van der Waals surface area (Å²) in [7, 11) is 2.11. The van der Waals surface area contributed by atoms with Crippen molar-refractivity contribution in [3.8, 4) is 5.69 Å². The standard InChI is InChI=1S/C22H32N4O/c1-6-20-21(22(27)25-13-11-24(5)12-14-25)19(15-16(2)3)23-26(20)18-9-7-17(4)8-10-18/h7-10,16H,6,11-15H2,1-5H3. The Morgan fingerprint density at radius 2 is 1.74 bits per heavy atom. The van der Waals surface area contributed by atoms with E-state index in [1.807, 2.05) is 9.58 Å². The molecule has 0 aliphatic carbocycles. The summed E-state index contributed by atoms with van der Waals surface area (Å²) in [5.74, 6) is 0.601. The van der Waals surface area contributed by atoms with E-state index >= 15 is 0 Å². The summed E-state index contributed by atoms with van der Waals surface area (Å²) in [4.78, 5) is 17.7. The number of hydrogen-bond acceptors (Lipinski definition) is 3. The number of benzene rings is 1. The van der Waals surface area contributed by atoms with Gasteiger partial charge in [-0.3, -0.25) is 4.79 Å². The van der Waals surface area contributed by atoms with Gasteiger partial charge in [-0.05, 0) is 44.9 Å². The van der Waals surface area contributed by atoms with E-state index in [1.165, 1.54) is 5.56 Å². The first kappa shape index (κ1) is 19.6. The van der Waals surface area contributed by atoms with E-state index in [1.54, 1.807) is 0 Å². The van der Waals surface area contributed by atoms with Gasteiger partial charge in [-0.1, -0.05) is 38.5 Å². The molecule has 0 radical (unpaired) electrons. The number of piperazine rings is 1. The molecule has 1 aromatic heterocycles. The molecule has 2 aromatic rings. The Labute approximate surface area is 163 Å². The number of carbonyl (C=O) groups is 1. The van der Waals surface area contributed by atoms with Crippen LogP contribution in [0.2, 0.25) is 0 Å². The minimum atomic E-state index is 0.147. The molecule has 0 N–H and O–H groups in total. The average molecular weight is 369 g/mol. The number of aromatic nitrogens is 2. The van der Waals surface area contributed by atoms with Crippen molar-refractivity contribution in [1.29, 1.82) is 0 Å². The van der Waals surface area contributed by atoms with Crippen LogP contribution in [-0.2, 0) is 12.8 Å². The fourth-order valence-electron chi connectivity index (χ4n) is 3.67. The Balaban J connectivity index is 2.04. The topological polar surface area (TPSA) is 41.4 Å². The molecule has 0 saturated carbocycles. The van der Waals surface area contributed by atoms with Gasteiger partial charge in [0.15, 0.2) is 0 Å². The first-order chi connectivity index (χ1) is 12.9. The molecule has 1 amide bonds. The van der Waals surface area contributed by atoms with E-state index in [2.05, 4.69) is 63.9 Å². The molecule has 0 atom stereocenters. The zero-order valence-electron chi connectivity index (χ0n) is 17.3. The maximum atomic E-state index is 13.4. The van der Waals surface area contributed by atoms with Gasteiger partial charge in [-0.15, -0.1) is 0 Å². The van der Waals surface area contributed by atoms with E-state index in [4.69, 9.17) is 5.10 Å². The summed E-state index contributed by atoms with van der Waals surface area (Å²) in [5.41, 5.74) is 5.04. The molecule has 146 valence electrons. The second-order valence-electron chi connectivity index (χ2n) is 8.06. The monoisotopic (exact) mass is 368 g/mol. The zero-order valence-corrected chi connectivity index (χ0v) is 17.3. The van der Waals surface area contributed by atoms with Gasteiger partial charge in [0.1, 0.15) is 0 Å². The van der Waals surface area contributed by atoms with Crippen molar-refractivity contribution in [3.63, 3.8) is 0 Å². The Morgan fingerprint density at radius 1 is 1.11 bits per heavy atom. The van der Waals surface area contributed by atoms with Crippen molar-refractivity contribution in [2.24, 2.45) is 5.92 Å². The highest BCUT2D eigenvalue weighted by molar-refractivity contribution is 5.97. The van der Waals surface area contributed by atoms with Gasteiger partial charge in [0, 0.05) is 26.2 Å². The molecular formula is C22H32N4O. The number of amides is 1. The Bertz CT molecular complexity index is 783. The number of rotatable bonds is 5. The number of nitrogens with zero attached hydrogens (tertiary/aromatic N) is 4. The van der Waals surface area contributed by atoms with Crippen molar-refractivity contribution >= 4 is 5.91 Å². The highest BCUT2D eigenvalue weighted by atomic mass is 16.2. The fraction of sp³-hybridized carbons (Fsp3) is 0.545. The summed E-state index contributed by atoms with van der Waals surface area (Å²) < 4.78 is 1.99. The van der Waals surface area contributed by atoms with Gasteiger partial charge < -0.3 is 9.80 Å². The lowest BCUT2D eigenvalue weighted by Gasteiger charge is -2.32. The molecule has 5 nitrogen and oxygen atoms in total. The summed E-state index contributed by atoms with van der Waals surface area (Å²) in [5, 5.41) is 4.91. The smallest absolute Gasteiger partial charge is 0.257 e. The first-order valence-electron chi connectivity index (χ1n) is 10.1. The predicted octanol–water partition coefficient (Wildman–Crippen LogP) is 3.33. The van der Waals surface area contributed by atoms with Gasteiger partial charge in [0.25, 0.3) is 5.91 Å². The van der Waals surface area contributed by atoms with Crippen molar-refractivity contribution in [2.75, 3.05) is 33.2 Å². The van der Waals surface area contributed by atoms with Crippen LogP contribution in [0.1, 0.15) is 48.1 Å². The minimum absolute atomic E-state index is 0.147. The summed E-state index contributed by atoms with van der Waals surface area (Å²) in [6, 6.07) is 8.37. The van der Waals surface area contributed by atoms with Crippen LogP contribution in [0, 0.1) is 12.8 Å². The van der Waals surface area contributed by atoms with Gasteiger partial charge in [0.2, 0.25) is 0 Å². The Hall–Kier alpha value is -2.14. The van der Waals surface area contributed by atoms with E-state index in [0.29, 0.717) is 5.92 Å². The SMILES string of the molecule is CCc1c(C(=O)N2CCN(C)CC2)c(CC(C)C)nn1-c1ccc(C)cc1. The van der Waals surface area contributed by atoms with E-state index in [9.17, 15) is 4.79 Å². The molecule has 1 saturated heterocycles. The molecule has 1 aromatic carbocycles. The third-order valence-electron chi connectivity index (χ3n) is 5.27. The van der Waals surface area contributed by atoms with Gasteiger partial charge in [0.05, 0.1) is 22.6 Å². The largest absolute Gasteiger partial charge is 0.336 e. The summed E-state index contributed by atoms with van der Waals surface area (Å²) in [6.07, 6.45) is 1.61. The molecule has 3 rings (SSSR count). The molecule has 1 fully saturated rings. The van der Waals surface area contributed by atoms with E-state index in [-0.39, 0.29) is 5.91 Å². The molecule has 0 bridgehead atoms. The molecule has 1 aliphatic heterocycles. The number of carbonyl (C=O) groups excluding carboxylic acids is 1. The maximum Gasteiger partial charge on any atom is 0.257 e. The highest BCUT2D eigenvalue weighted by Crippen LogP contribution is 2.24. The molecule has 5 heteroatoms. The highest BCUT2D eigenvalue weighted by Gasteiger charge is 2.29. The summed E-state index contributed by atoms with van der Waals surface area (Å²) >= 11 is 0. The second kappa shape index (κ2) is 8.26. The third kappa shape index (κ3) is 4.24. The Morgan fingerprint density at radius 3 is 2.30 bits per heavy atom. The van der Waals surface area contributed by atoms with Crippen LogP contribution in [0.25, 0.3) is 5.69 Å². The van der Waals surface area contributed by atoms with E-state index < -0.39 is 0 Å². The lowest BCUT2D eigenvalue weighted by molar-refractivity contribution is 0.0661. The zero-order chi connectivity index (χ0) is 19.6. The quantitative estimate of drug-likeness (QED) is 0.813. The second-order valence-corrected chi connectivity index (χ2v) is 8.06. The van der Waals surface area contributed by atoms with Crippen LogP contribution in [-0.4, -0.2) is 58.7 Å². The molecule has 2 heterocycles. The molecule has 27 heavy (non-hydrogen) atoms. The minimum Gasteiger partial charge on any atom is -0.336 e. The van der Waals surface area contributed by atoms with Crippen LogP contribution in [0.3, 0.4) is 0 Å². The van der Waals surface area contributed by atoms with Crippen molar-refractivity contribution in [2.45, 2.75) is 40.5 Å². The van der Waals surface area contributed by atoms with Crippen LogP contribution in [0.5, 0.6) is 0 Å². The van der Waals surface area contributed by atoms with Crippen LogP contribution in [0.4, 0.5) is 0 Å². The van der Waals surface area contributed by atoms with Gasteiger partial charge in [-0.25, -0.2) is 4.68 Å². The first-order valence-corrected chi connectivity index (χ1v) is 10.1. The van der Waals surface area contributed by atoms with Crippen LogP contribution in [0.15, 0.2) is 24.3 Å². The van der Waals surface area contributed by atoms with Gasteiger partial charge >= 0.3 is 0 Å². The molecule has 0 spiro atoms. The van der Waals surface area contributed by atoms with Crippen LogP contribution < -0.4 is 0 Å². The fourth-order valence-corrected chi connectivity index (χ4v) is 3.67. The number of hydrogen-bond donors (Lipinski definition) is 0. The van der Waals surface area contributed by atoms with Crippen molar-refractivity contribution in [3.05, 3.63) is 46.8 Å². The van der Waals surface area contributed by atoms with E-state index in [0.717, 1.165) is 61.7 Å². The number of likely N-dealkylation sites (N-methyl/N-ethyl adjacent to an activating group) is 1. The summed E-state index contributed by atoms with van der Waals surface area (Å²) in [6.45, 7) is 12.0. The van der Waals surface area contributed by atoms with Gasteiger partial charge in [-0.2, -0.15) is 5.10 Å². The molecule has 0 unspecified atom stereocenters. The predicted molar refractivity (Wildman–Crippen MR) is 110 cm³/mol. The lowest BCUT2D eigenvalue weighted by Crippen LogP contribution is -2.47. The average Bonchev–Trinajstić information content (AvgIpc) is 2.99. The molecular weight excluding hydrogens is 336 g/mol. The Kier molecular flexibility index (Phi) is 6.00. The van der Waals surface area contributed by atoms with Crippen molar-refractivity contribution in [1.82, 2.24) is 19.6 Å². The van der Waals surface area contributed by atoms with Crippen molar-refractivity contribution < 1.29 is 4.79 Å². The lowest BCUT2D eigenvalue weighted by atomic mass is 10.0. The third-order valence-corrected chi connectivity index (χ3v) is 5.27. The normalized spacial score (nSPS) is 15.6. The maximum absolute atomic E-state index is 13.4.